The van der Waals surface area contributed by atoms with Crippen LogP contribution in [0.15, 0.2) is 18.2 Å². The van der Waals surface area contributed by atoms with Gasteiger partial charge < -0.3 is 4.74 Å². The van der Waals surface area contributed by atoms with Crippen LogP contribution in [-0.2, 0) is 0 Å². The second kappa shape index (κ2) is 3.95. The summed E-state index contributed by atoms with van der Waals surface area (Å²) in [5.41, 5.74) is 0. The molecule has 0 radical (unpaired) electrons. The zero-order valence-electron chi connectivity index (χ0n) is 7.80. The lowest BCUT2D eigenvalue weighted by molar-refractivity contribution is 0.180. The van der Waals surface area contributed by atoms with Gasteiger partial charge in [0.2, 0.25) is 0 Å². The third kappa shape index (κ3) is 2.03. The predicted molar refractivity (Wildman–Crippen MR) is 49.2 cm³/mol. The summed E-state index contributed by atoms with van der Waals surface area (Å²) in [6.45, 7) is 0.616. The molecule has 3 heteroatoms. The fourth-order valence-electron chi connectivity index (χ4n) is 1.44. The number of benzene rings is 1. The molecule has 0 saturated heterocycles. The Labute approximate surface area is 81.7 Å². The number of rotatable bonds is 3. The Bertz CT molecular complexity index is 321. The molecular formula is C11H12F2O. The number of halogens is 2. The number of hydrogen-bond acceptors (Lipinski definition) is 1. The van der Waals surface area contributed by atoms with Crippen LogP contribution in [0.3, 0.4) is 0 Å². The molecular weight excluding hydrogens is 186 g/mol. The Hall–Kier alpha value is -1.12. The van der Waals surface area contributed by atoms with Gasteiger partial charge in [-0.3, -0.25) is 0 Å². The first-order chi connectivity index (χ1) is 6.75. The van der Waals surface area contributed by atoms with Gasteiger partial charge in [-0.25, -0.2) is 8.78 Å². The van der Waals surface area contributed by atoms with Crippen LogP contribution in [0.4, 0.5) is 8.78 Å². The van der Waals surface area contributed by atoms with Crippen LogP contribution >= 0.6 is 0 Å². The molecule has 14 heavy (non-hydrogen) atoms. The first kappa shape index (κ1) is 9.44. The molecule has 0 atom stereocenters. The summed E-state index contributed by atoms with van der Waals surface area (Å²) in [4.78, 5) is 0. The van der Waals surface area contributed by atoms with Crippen molar-refractivity contribution >= 4 is 0 Å². The van der Waals surface area contributed by atoms with Crippen LogP contribution in [0, 0.1) is 17.6 Å². The van der Waals surface area contributed by atoms with Crippen molar-refractivity contribution in [2.45, 2.75) is 19.3 Å². The van der Waals surface area contributed by atoms with Crippen molar-refractivity contribution in [2.24, 2.45) is 5.92 Å². The van der Waals surface area contributed by atoms with Crippen LogP contribution in [0.25, 0.3) is 0 Å². The lowest BCUT2D eigenvalue weighted by Crippen LogP contribution is -2.19. The summed E-state index contributed by atoms with van der Waals surface area (Å²) in [7, 11) is 0. The molecule has 1 aliphatic rings. The standard InChI is InChI=1S/C11H12F2O/c12-10-5-4-9(6-11(10)13)14-7-8-2-1-3-8/h4-6,8H,1-3,7H2. The zero-order valence-corrected chi connectivity index (χ0v) is 7.80. The van der Waals surface area contributed by atoms with E-state index in [1.54, 1.807) is 0 Å². The van der Waals surface area contributed by atoms with Gasteiger partial charge in [0.1, 0.15) is 5.75 Å². The molecule has 0 aromatic heterocycles. The third-order valence-corrected chi connectivity index (χ3v) is 2.60. The highest BCUT2D eigenvalue weighted by molar-refractivity contribution is 5.23. The zero-order chi connectivity index (χ0) is 9.97. The van der Waals surface area contributed by atoms with Gasteiger partial charge in [0.25, 0.3) is 0 Å². The van der Waals surface area contributed by atoms with E-state index in [4.69, 9.17) is 4.74 Å². The Morgan fingerprint density at radius 1 is 1.21 bits per heavy atom. The SMILES string of the molecule is Fc1ccc(OCC2CCC2)cc1F. The summed E-state index contributed by atoms with van der Waals surface area (Å²) in [5.74, 6) is -0.670. The van der Waals surface area contributed by atoms with E-state index >= 15 is 0 Å². The van der Waals surface area contributed by atoms with Crippen molar-refractivity contribution in [3.63, 3.8) is 0 Å². The minimum Gasteiger partial charge on any atom is -0.493 e. The molecule has 1 aromatic rings. The molecule has 76 valence electrons. The third-order valence-electron chi connectivity index (χ3n) is 2.60. The molecule has 0 aliphatic heterocycles. The van der Waals surface area contributed by atoms with Gasteiger partial charge in [-0.15, -0.1) is 0 Å². The Balaban J connectivity index is 1.91. The van der Waals surface area contributed by atoms with Gasteiger partial charge in [0.05, 0.1) is 6.61 Å². The maximum atomic E-state index is 12.7. The van der Waals surface area contributed by atoms with Crippen LogP contribution in [0.5, 0.6) is 5.75 Å². The van der Waals surface area contributed by atoms with Gasteiger partial charge in [-0.05, 0) is 30.9 Å². The lowest BCUT2D eigenvalue weighted by atomic mass is 9.86. The number of hydrogen-bond donors (Lipinski definition) is 0. The summed E-state index contributed by atoms with van der Waals surface area (Å²) >= 11 is 0. The van der Waals surface area contributed by atoms with E-state index in [9.17, 15) is 8.78 Å². The average molecular weight is 198 g/mol. The largest absolute Gasteiger partial charge is 0.493 e. The van der Waals surface area contributed by atoms with Crippen LogP contribution in [0.1, 0.15) is 19.3 Å². The van der Waals surface area contributed by atoms with E-state index in [-0.39, 0.29) is 0 Å². The molecule has 0 spiro atoms. The fourth-order valence-corrected chi connectivity index (χ4v) is 1.44. The maximum absolute atomic E-state index is 12.7. The van der Waals surface area contributed by atoms with E-state index in [2.05, 4.69) is 0 Å². The lowest BCUT2D eigenvalue weighted by Gasteiger charge is -2.25. The molecule has 1 nitrogen and oxygen atoms in total. The second-order valence-corrected chi connectivity index (χ2v) is 3.68. The molecule has 1 aliphatic carbocycles. The smallest absolute Gasteiger partial charge is 0.162 e. The summed E-state index contributed by atoms with van der Waals surface area (Å²) in [6, 6.07) is 3.64. The number of ether oxygens (including phenoxy) is 1. The first-order valence-corrected chi connectivity index (χ1v) is 4.83. The highest BCUT2D eigenvalue weighted by atomic mass is 19.2. The Morgan fingerprint density at radius 3 is 2.57 bits per heavy atom. The van der Waals surface area contributed by atoms with Crippen molar-refractivity contribution in [1.29, 1.82) is 0 Å². The van der Waals surface area contributed by atoms with Gasteiger partial charge >= 0.3 is 0 Å². The highest BCUT2D eigenvalue weighted by Gasteiger charge is 2.18. The van der Waals surface area contributed by atoms with Gasteiger partial charge in [0.15, 0.2) is 11.6 Å². The fraction of sp³-hybridized carbons (Fsp3) is 0.455. The molecule has 0 amide bonds. The minimum absolute atomic E-state index is 0.413. The summed E-state index contributed by atoms with van der Waals surface area (Å²) in [6.07, 6.45) is 3.62. The van der Waals surface area contributed by atoms with Gasteiger partial charge in [-0.2, -0.15) is 0 Å². The summed E-state index contributed by atoms with van der Waals surface area (Å²) in [5, 5.41) is 0. The molecule has 1 saturated carbocycles. The van der Waals surface area contributed by atoms with Crippen LogP contribution < -0.4 is 4.74 Å². The Kier molecular flexibility index (Phi) is 2.66. The second-order valence-electron chi connectivity index (χ2n) is 3.68. The van der Waals surface area contributed by atoms with Crippen molar-refractivity contribution in [2.75, 3.05) is 6.61 Å². The Morgan fingerprint density at radius 2 is 2.00 bits per heavy atom. The van der Waals surface area contributed by atoms with Gasteiger partial charge in [-0.1, -0.05) is 6.42 Å². The normalized spacial score (nSPS) is 16.4. The topological polar surface area (TPSA) is 9.23 Å². The molecule has 2 rings (SSSR count). The van der Waals surface area contributed by atoms with Crippen molar-refractivity contribution < 1.29 is 13.5 Å². The highest BCUT2D eigenvalue weighted by Crippen LogP contribution is 2.27. The van der Waals surface area contributed by atoms with Gasteiger partial charge in [0, 0.05) is 6.07 Å². The minimum atomic E-state index is -0.851. The molecule has 0 N–H and O–H groups in total. The molecule has 1 aromatic carbocycles. The molecule has 1 fully saturated rings. The van der Waals surface area contributed by atoms with E-state index in [1.807, 2.05) is 0 Å². The van der Waals surface area contributed by atoms with Crippen molar-refractivity contribution in [3.05, 3.63) is 29.8 Å². The predicted octanol–water partition coefficient (Wildman–Crippen LogP) is 3.14. The van der Waals surface area contributed by atoms with E-state index in [0.717, 1.165) is 12.1 Å². The maximum Gasteiger partial charge on any atom is 0.162 e. The molecule has 0 heterocycles. The first-order valence-electron chi connectivity index (χ1n) is 4.83. The van der Waals surface area contributed by atoms with E-state index in [0.29, 0.717) is 18.3 Å². The van der Waals surface area contributed by atoms with Crippen LogP contribution in [0.2, 0.25) is 0 Å². The molecule has 0 bridgehead atoms. The van der Waals surface area contributed by atoms with E-state index < -0.39 is 11.6 Å². The average Bonchev–Trinajstić information content (AvgIpc) is 2.08. The molecule has 0 unspecified atom stereocenters. The van der Waals surface area contributed by atoms with Crippen molar-refractivity contribution in [1.82, 2.24) is 0 Å². The monoisotopic (exact) mass is 198 g/mol. The van der Waals surface area contributed by atoms with E-state index in [1.165, 1.54) is 25.3 Å². The summed E-state index contributed by atoms with van der Waals surface area (Å²) < 4.78 is 30.6. The van der Waals surface area contributed by atoms with Crippen LogP contribution in [-0.4, -0.2) is 6.61 Å². The van der Waals surface area contributed by atoms with Crippen molar-refractivity contribution in [3.8, 4) is 5.75 Å². The quantitative estimate of drug-likeness (QED) is 0.725.